The fourth-order valence-corrected chi connectivity index (χ4v) is 1.57. The topological polar surface area (TPSA) is 66.8 Å². The highest BCUT2D eigenvalue weighted by atomic mass is 19.4. The molecular formula is C8H10F3NO4. The van der Waals surface area contributed by atoms with Gasteiger partial charge in [0.1, 0.15) is 0 Å². The second-order valence-electron chi connectivity index (χ2n) is 3.32. The predicted octanol–water partition coefficient (Wildman–Crippen LogP) is -0.317. The van der Waals surface area contributed by atoms with Crippen molar-refractivity contribution in [1.29, 1.82) is 0 Å². The van der Waals surface area contributed by atoms with Crippen molar-refractivity contribution in [2.75, 3.05) is 13.7 Å². The summed E-state index contributed by atoms with van der Waals surface area (Å²) in [5.74, 6) is -3.19. The van der Waals surface area contributed by atoms with Gasteiger partial charge in [0.2, 0.25) is 0 Å². The Hall–Kier alpha value is -1.31. The minimum Gasteiger partial charge on any atom is -0.467 e. The maximum atomic E-state index is 12.1. The first-order valence-electron chi connectivity index (χ1n) is 4.42. The second-order valence-corrected chi connectivity index (χ2v) is 3.32. The zero-order chi connectivity index (χ0) is 12.5. The fourth-order valence-electron chi connectivity index (χ4n) is 1.57. The van der Waals surface area contributed by atoms with Gasteiger partial charge in [-0.1, -0.05) is 0 Å². The maximum absolute atomic E-state index is 12.1. The lowest BCUT2D eigenvalue weighted by atomic mass is 10.2. The molecule has 1 rings (SSSR count). The van der Waals surface area contributed by atoms with Crippen LogP contribution in [0.5, 0.6) is 0 Å². The molecule has 1 aliphatic heterocycles. The predicted molar refractivity (Wildman–Crippen MR) is 44.2 cm³/mol. The summed E-state index contributed by atoms with van der Waals surface area (Å²) in [7, 11) is 0.976. The minimum absolute atomic E-state index is 0.0818. The van der Waals surface area contributed by atoms with Crippen LogP contribution in [0.25, 0.3) is 0 Å². The normalized spacial score (nSPS) is 25.7. The van der Waals surface area contributed by atoms with E-state index in [4.69, 9.17) is 0 Å². The molecule has 0 bridgehead atoms. The molecule has 1 heterocycles. The van der Waals surface area contributed by atoms with Crippen molar-refractivity contribution in [2.45, 2.75) is 24.7 Å². The molecule has 0 unspecified atom stereocenters. The van der Waals surface area contributed by atoms with Crippen molar-refractivity contribution < 1.29 is 32.6 Å². The zero-order valence-electron chi connectivity index (χ0n) is 8.32. The lowest BCUT2D eigenvalue weighted by Gasteiger charge is -2.24. The summed E-state index contributed by atoms with van der Waals surface area (Å²) in [4.78, 5) is 22.3. The highest BCUT2D eigenvalue weighted by Gasteiger charge is 2.51. The Balaban J connectivity index is 2.88. The summed E-state index contributed by atoms with van der Waals surface area (Å²) < 4.78 is 40.7. The molecule has 1 fully saturated rings. The molecule has 2 atom stereocenters. The summed E-state index contributed by atoms with van der Waals surface area (Å²) in [5.41, 5.74) is 0. The number of rotatable bonds is 1. The summed E-state index contributed by atoms with van der Waals surface area (Å²) in [5, 5.41) is 9.31. The van der Waals surface area contributed by atoms with Gasteiger partial charge in [-0.25, -0.2) is 4.79 Å². The first-order valence-corrected chi connectivity index (χ1v) is 4.42. The molecule has 0 aromatic carbocycles. The molecule has 5 nitrogen and oxygen atoms in total. The SMILES string of the molecule is COC(=O)[C@@H]1[C@@H](O)CCN1C(=O)C(F)(F)F. The van der Waals surface area contributed by atoms with Gasteiger partial charge in [0.15, 0.2) is 6.04 Å². The highest BCUT2D eigenvalue weighted by molar-refractivity contribution is 5.88. The first kappa shape index (κ1) is 12.8. The van der Waals surface area contributed by atoms with E-state index in [0.717, 1.165) is 7.11 Å². The molecule has 0 spiro atoms. The van der Waals surface area contributed by atoms with E-state index in [1.165, 1.54) is 0 Å². The van der Waals surface area contributed by atoms with Crippen LogP contribution in [0.2, 0.25) is 0 Å². The van der Waals surface area contributed by atoms with Crippen LogP contribution < -0.4 is 0 Å². The van der Waals surface area contributed by atoms with Crippen LogP contribution in [0.3, 0.4) is 0 Å². The Kier molecular flexibility index (Phi) is 3.41. The summed E-state index contributed by atoms with van der Waals surface area (Å²) in [6.45, 7) is -0.320. The average Bonchev–Trinajstić information content (AvgIpc) is 2.56. The monoisotopic (exact) mass is 241 g/mol. The summed E-state index contributed by atoms with van der Waals surface area (Å²) in [6.07, 6.45) is -6.46. The van der Waals surface area contributed by atoms with Crippen LogP contribution in [-0.4, -0.2) is 53.9 Å². The van der Waals surface area contributed by atoms with E-state index < -0.39 is 30.2 Å². The number of alkyl halides is 3. The van der Waals surface area contributed by atoms with Crippen molar-refractivity contribution in [1.82, 2.24) is 4.90 Å². The lowest BCUT2D eigenvalue weighted by Crippen LogP contribution is -2.50. The molecule has 0 radical (unpaired) electrons. The van der Waals surface area contributed by atoms with Crippen molar-refractivity contribution >= 4 is 11.9 Å². The standard InChI is InChI=1S/C8H10F3NO4/c1-16-6(14)5-4(13)2-3-12(5)7(15)8(9,10)11/h4-5,13H,2-3H2,1H3/t4-,5-/m0/s1. The number of carbonyl (C=O) groups excluding carboxylic acids is 2. The van der Waals surface area contributed by atoms with E-state index in [1.807, 2.05) is 0 Å². The van der Waals surface area contributed by atoms with Gasteiger partial charge in [0, 0.05) is 6.54 Å². The van der Waals surface area contributed by atoms with Crippen LogP contribution in [0.4, 0.5) is 13.2 Å². The molecule has 0 saturated carbocycles. The van der Waals surface area contributed by atoms with Gasteiger partial charge in [-0.05, 0) is 6.42 Å². The van der Waals surface area contributed by atoms with Gasteiger partial charge < -0.3 is 14.7 Å². The van der Waals surface area contributed by atoms with Crippen molar-refractivity contribution in [3.63, 3.8) is 0 Å². The largest absolute Gasteiger partial charge is 0.471 e. The number of amides is 1. The number of nitrogens with zero attached hydrogens (tertiary/aromatic N) is 1. The Morgan fingerprint density at radius 3 is 2.44 bits per heavy atom. The Morgan fingerprint density at radius 2 is 2.00 bits per heavy atom. The lowest BCUT2D eigenvalue weighted by molar-refractivity contribution is -0.189. The van der Waals surface area contributed by atoms with Crippen molar-refractivity contribution in [2.24, 2.45) is 0 Å². The van der Waals surface area contributed by atoms with E-state index in [0.29, 0.717) is 0 Å². The van der Waals surface area contributed by atoms with Crippen molar-refractivity contribution in [3.8, 4) is 0 Å². The smallest absolute Gasteiger partial charge is 0.467 e. The molecule has 0 aromatic rings. The minimum atomic E-state index is -5.06. The number of methoxy groups -OCH3 is 1. The van der Waals surface area contributed by atoms with E-state index in [-0.39, 0.29) is 17.9 Å². The molecule has 92 valence electrons. The van der Waals surface area contributed by atoms with Crippen molar-refractivity contribution in [3.05, 3.63) is 0 Å². The number of aliphatic hydroxyl groups excluding tert-OH is 1. The number of carbonyl (C=O) groups is 2. The Bertz CT molecular complexity index is 304. The van der Waals surface area contributed by atoms with Gasteiger partial charge in [-0.2, -0.15) is 13.2 Å². The fraction of sp³-hybridized carbons (Fsp3) is 0.750. The molecule has 1 amide bonds. The number of hydrogen-bond acceptors (Lipinski definition) is 4. The van der Waals surface area contributed by atoms with E-state index >= 15 is 0 Å². The maximum Gasteiger partial charge on any atom is 0.471 e. The summed E-state index contributed by atoms with van der Waals surface area (Å²) >= 11 is 0. The number of likely N-dealkylation sites (tertiary alicyclic amines) is 1. The van der Waals surface area contributed by atoms with Gasteiger partial charge >= 0.3 is 18.1 Å². The zero-order valence-corrected chi connectivity index (χ0v) is 8.32. The number of halogens is 3. The van der Waals surface area contributed by atoms with Crippen LogP contribution >= 0.6 is 0 Å². The van der Waals surface area contributed by atoms with Gasteiger partial charge in [-0.3, -0.25) is 4.79 Å². The first-order chi connectivity index (χ1) is 7.29. The highest BCUT2D eigenvalue weighted by Crippen LogP contribution is 2.26. The van der Waals surface area contributed by atoms with Crippen LogP contribution in [0.1, 0.15) is 6.42 Å². The second kappa shape index (κ2) is 4.28. The summed E-state index contributed by atoms with van der Waals surface area (Å²) in [6, 6.07) is -1.57. The third-order valence-corrected chi connectivity index (χ3v) is 2.31. The number of ether oxygens (including phenoxy) is 1. The van der Waals surface area contributed by atoms with Crippen LogP contribution in [-0.2, 0) is 14.3 Å². The van der Waals surface area contributed by atoms with Crippen LogP contribution in [0.15, 0.2) is 0 Å². The number of aliphatic hydroxyl groups is 1. The quantitative estimate of drug-likeness (QED) is 0.639. The average molecular weight is 241 g/mol. The number of hydrogen-bond donors (Lipinski definition) is 1. The van der Waals surface area contributed by atoms with Gasteiger partial charge in [0.05, 0.1) is 13.2 Å². The van der Waals surface area contributed by atoms with Gasteiger partial charge in [-0.15, -0.1) is 0 Å². The molecule has 0 aliphatic carbocycles. The van der Waals surface area contributed by atoms with Crippen LogP contribution in [0, 0.1) is 0 Å². The molecule has 16 heavy (non-hydrogen) atoms. The van der Waals surface area contributed by atoms with Gasteiger partial charge in [0.25, 0.3) is 0 Å². The molecule has 8 heteroatoms. The third-order valence-electron chi connectivity index (χ3n) is 2.31. The molecule has 1 aliphatic rings. The molecule has 0 aromatic heterocycles. The molecular weight excluding hydrogens is 231 g/mol. The Morgan fingerprint density at radius 1 is 1.44 bits per heavy atom. The number of esters is 1. The van der Waals surface area contributed by atoms with E-state index in [9.17, 15) is 27.9 Å². The van der Waals surface area contributed by atoms with E-state index in [2.05, 4.69) is 4.74 Å². The third kappa shape index (κ3) is 2.26. The van der Waals surface area contributed by atoms with E-state index in [1.54, 1.807) is 0 Å². The molecule has 1 N–H and O–H groups in total. The Labute approximate surface area is 88.8 Å². The molecule has 1 saturated heterocycles.